The van der Waals surface area contributed by atoms with Crippen LogP contribution in [0.4, 0.5) is 4.39 Å². The van der Waals surface area contributed by atoms with Crippen molar-refractivity contribution < 1.29 is 14.2 Å². The van der Waals surface area contributed by atoms with Crippen molar-refractivity contribution in [1.29, 1.82) is 0 Å². The summed E-state index contributed by atoms with van der Waals surface area (Å²) in [6.07, 6.45) is 5.94. The summed E-state index contributed by atoms with van der Waals surface area (Å²) >= 11 is 1.58. The Morgan fingerprint density at radius 1 is 1.27 bits per heavy atom. The Balaban J connectivity index is 1.57. The Hall–Kier alpha value is -1.50. The summed E-state index contributed by atoms with van der Waals surface area (Å²) in [4.78, 5) is 7.06. The highest BCUT2D eigenvalue weighted by atomic mass is 32.1. The minimum absolute atomic E-state index is 0.269. The van der Waals surface area contributed by atoms with Gasteiger partial charge in [-0.25, -0.2) is 9.37 Å². The maximum atomic E-state index is 12.9. The van der Waals surface area contributed by atoms with Gasteiger partial charge in [0.25, 0.3) is 0 Å². The molecule has 3 rings (SSSR count). The third-order valence-electron chi connectivity index (χ3n) is 4.73. The van der Waals surface area contributed by atoms with E-state index in [9.17, 15) is 9.50 Å². The van der Waals surface area contributed by atoms with Gasteiger partial charge in [0.1, 0.15) is 23.2 Å². The van der Waals surface area contributed by atoms with Gasteiger partial charge in [-0.15, -0.1) is 11.3 Å². The van der Waals surface area contributed by atoms with Crippen molar-refractivity contribution in [3.05, 3.63) is 46.2 Å². The molecule has 1 heterocycles. The molecule has 1 aromatic heterocycles. The van der Waals surface area contributed by atoms with E-state index in [-0.39, 0.29) is 11.9 Å². The third kappa shape index (κ3) is 5.76. The summed E-state index contributed by atoms with van der Waals surface area (Å²) in [5.74, 6) is 0.371. The highest BCUT2D eigenvalue weighted by Crippen LogP contribution is 2.25. The van der Waals surface area contributed by atoms with Gasteiger partial charge >= 0.3 is 0 Å². The van der Waals surface area contributed by atoms with Crippen LogP contribution >= 0.6 is 11.3 Å². The molecule has 0 saturated heterocycles. The number of aliphatic hydroxyl groups is 1. The van der Waals surface area contributed by atoms with Gasteiger partial charge in [0.2, 0.25) is 0 Å². The minimum atomic E-state index is -0.336. The number of benzene rings is 1. The second kappa shape index (κ2) is 9.44. The summed E-state index contributed by atoms with van der Waals surface area (Å²) < 4.78 is 18.6. The van der Waals surface area contributed by atoms with Crippen molar-refractivity contribution in [2.45, 2.75) is 64.3 Å². The van der Waals surface area contributed by atoms with Crippen molar-refractivity contribution >= 4 is 11.3 Å². The van der Waals surface area contributed by atoms with Crippen molar-refractivity contribution in [2.24, 2.45) is 0 Å². The van der Waals surface area contributed by atoms with Crippen LogP contribution in [0, 0.1) is 5.82 Å². The van der Waals surface area contributed by atoms with Crippen LogP contribution in [0.2, 0.25) is 0 Å². The lowest BCUT2D eigenvalue weighted by molar-refractivity contribution is 0.0760. The number of ether oxygens (including phenoxy) is 1. The van der Waals surface area contributed by atoms with E-state index in [0.29, 0.717) is 24.9 Å². The van der Waals surface area contributed by atoms with Gasteiger partial charge in [0, 0.05) is 24.5 Å². The molecule has 0 radical (unpaired) electrons. The Kier molecular flexibility index (Phi) is 7.00. The van der Waals surface area contributed by atoms with E-state index in [1.54, 1.807) is 23.5 Å². The number of rotatable bonds is 8. The van der Waals surface area contributed by atoms with Crippen LogP contribution in [0.15, 0.2) is 29.6 Å². The van der Waals surface area contributed by atoms with Crippen LogP contribution in [-0.4, -0.2) is 33.7 Å². The summed E-state index contributed by atoms with van der Waals surface area (Å²) in [6.45, 7) is 3.68. The third-order valence-corrected chi connectivity index (χ3v) is 5.60. The zero-order chi connectivity index (χ0) is 18.4. The molecule has 1 fully saturated rings. The van der Waals surface area contributed by atoms with Crippen LogP contribution in [0.25, 0.3) is 0 Å². The van der Waals surface area contributed by atoms with Crippen LogP contribution in [0.3, 0.4) is 0 Å². The Bertz CT molecular complexity index is 669. The van der Waals surface area contributed by atoms with E-state index in [1.807, 2.05) is 6.92 Å². The molecule has 0 aliphatic heterocycles. The normalized spacial score (nSPS) is 16.8. The first-order valence-electron chi connectivity index (χ1n) is 9.34. The molecule has 142 valence electrons. The van der Waals surface area contributed by atoms with Gasteiger partial charge in [-0.05, 0) is 44.0 Å². The Labute approximate surface area is 158 Å². The number of halogens is 1. The highest BCUT2D eigenvalue weighted by Gasteiger charge is 2.23. The van der Waals surface area contributed by atoms with Gasteiger partial charge in [-0.1, -0.05) is 19.3 Å². The molecule has 6 heteroatoms. The van der Waals surface area contributed by atoms with E-state index in [4.69, 9.17) is 4.74 Å². The molecule has 4 nitrogen and oxygen atoms in total. The zero-order valence-electron chi connectivity index (χ0n) is 15.2. The lowest BCUT2D eigenvalue weighted by Gasteiger charge is -2.34. The maximum absolute atomic E-state index is 12.9. The average molecular weight is 379 g/mol. The first-order chi connectivity index (χ1) is 12.6. The fraction of sp³-hybridized carbons (Fsp3) is 0.550. The van der Waals surface area contributed by atoms with Crippen LogP contribution in [-0.2, 0) is 13.2 Å². The fourth-order valence-electron chi connectivity index (χ4n) is 3.50. The maximum Gasteiger partial charge on any atom is 0.140 e. The highest BCUT2D eigenvalue weighted by molar-refractivity contribution is 7.09. The topological polar surface area (TPSA) is 45.6 Å². The molecule has 26 heavy (non-hydrogen) atoms. The molecule has 1 aliphatic rings. The van der Waals surface area contributed by atoms with Crippen molar-refractivity contribution in [1.82, 2.24) is 9.88 Å². The number of nitrogens with zero attached hydrogens (tertiary/aromatic N) is 2. The molecule has 2 aromatic rings. The molecular weight excluding hydrogens is 351 g/mol. The van der Waals surface area contributed by atoms with Gasteiger partial charge < -0.3 is 9.84 Å². The Morgan fingerprint density at radius 3 is 2.69 bits per heavy atom. The first-order valence-corrected chi connectivity index (χ1v) is 10.2. The summed E-state index contributed by atoms with van der Waals surface area (Å²) in [5.41, 5.74) is 1.03. The minimum Gasteiger partial charge on any atom is -0.486 e. The zero-order valence-corrected chi connectivity index (χ0v) is 16.1. The summed E-state index contributed by atoms with van der Waals surface area (Å²) in [7, 11) is 0. The van der Waals surface area contributed by atoms with Gasteiger partial charge in [-0.3, -0.25) is 4.90 Å². The number of aromatic nitrogens is 1. The quantitative estimate of drug-likeness (QED) is 0.741. The van der Waals surface area contributed by atoms with E-state index in [2.05, 4.69) is 15.3 Å². The lowest BCUT2D eigenvalue weighted by Crippen LogP contribution is -2.40. The predicted octanol–water partition coefficient (Wildman–Crippen LogP) is 4.38. The molecule has 1 atom stereocenters. The smallest absolute Gasteiger partial charge is 0.140 e. The lowest BCUT2D eigenvalue weighted by atomic mass is 9.94. The second-order valence-electron chi connectivity index (χ2n) is 7.05. The van der Waals surface area contributed by atoms with E-state index >= 15 is 0 Å². The number of hydrogen-bond donors (Lipinski definition) is 1. The second-order valence-corrected chi connectivity index (χ2v) is 7.99. The van der Waals surface area contributed by atoms with Crippen LogP contribution in [0.1, 0.15) is 49.7 Å². The molecule has 1 unspecified atom stereocenters. The Morgan fingerprint density at radius 2 is 2.00 bits per heavy atom. The summed E-state index contributed by atoms with van der Waals surface area (Å²) in [5, 5.41) is 12.8. The SMILES string of the molecule is CC(O)CN(Cc1csc(COc2ccc(F)cc2)n1)C1CCCCC1. The molecule has 1 aromatic carbocycles. The molecule has 0 spiro atoms. The van der Waals surface area contributed by atoms with Crippen LogP contribution < -0.4 is 4.74 Å². The average Bonchev–Trinajstić information content (AvgIpc) is 3.08. The monoisotopic (exact) mass is 378 g/mol. The number of aliphatic hydroxyl groups excluding tert-OH is 1. The molecule has 1 N–H and O–H groups in total. The largest absolute Gasteiger partial charge is 0.486 e. The molecule has 0 bridgehead atoms. The standard InChI is InChI=1S/C20H27FN2O2S/c1-15(24)11-23(18-5-3-2-4-6-18)12-17-14-26-20(22-17)13-25-19-9-7-16(21)8-10-19/h7-10,14-15,18,24H,2-6,11-13H2,1H3. The summed E-state index contributed by atoms with van der Waals surface area (Å²) in [6, 6.07) is 6.56. The van der Waals surface area contributed by atoms with Crippen molar-refractivity contribution in [3.8, 4) is 5.75 Å². The molecular formula is C20H27FN2O2S. The first kappa shape index (κ1) is 19.3. The van der Waals surface area contributed by atoms with Crippen molar-refractivity contribution in [3.63, 3.8) is 0 Å². The van der Waals surface area contributed by atoms with Gasteiger partial charge in [-0.2, -0.15) is 0 Å². The van der Waals surface area contributed by atoms with Gasteiger partial charge in [0.15, 0.2) is 0 Å². The predicted molar refractivity (Wildman–Crippen MR) is 102 cm³/mol. The van der Waals surface area contributed by atoms with Gasteiger partial charge in [0.05, 0.1) is 11.8 Å². The fourth-order valence-corrected chi connectivity index (χ4v) is 4.20. The molecule has 1 aliphatic carbocycles. The number of hydrogen-bond acceptors (Lipinski definition) is 5. The van der Waals surface area contributed by atoms with E-state index in [0.717, 1.165) is 17.2 Å². The van der Waals surface area contributed by atoms with Crippen LogP contribution in [0.5, 0.6) is 5.75 Å². The number of thiazole rings is 1. The van der Waals surface area contributed by atoms with Crippen molar-refractivity contribution in [2.75, 3.05) is 6.54 Å². The molecule has 0 amide bonds. The van der Waals surface area contributed by atoms with E-state index < -0.39 is 0 Å². The van der Waals surface area contributed by atoms with E-state index in [1.165, 1.54) is 44.2 Å². The molecule has 1 saturated carbocycles.